The summed E-state index contributed by atoms with van der Waals surface area (Å²) >= 11 is 0. The molecule has 0 radical (unpaired) electrons. The molecule has 0 spiro atoms. The van der Waals surface area contributed by atoms with E-state index in [4.69, 9.17) is 5.73 Å². The van der Waals surface area contributed by atoms with Gasteiger partial charge in [-0.1, -0.05) is 67.9 Å². The van der Waals surface area contributed by atoms with E-state index in [1.54, 1.807) is 12.1 Å². The predicted molar refractivity (Wildman–Crippen MR) is 77.8 cm³/mol. The zero-order chi connectivity index (χ0) is 13.7. The summed E-state index contributed by atoms with van der Waals surface area (Å²) in [5.74, 6) is 0. The summed E-state index contributed by atoms with van der Waals surface area (Å²) < 4.78 is 15.3. The van der Waals surface area contributed by atoms with E-state index in [9.17, 15) is 0 Å². The average Bonchev–Trinajstić information content (AvgIpc) is 2.48. The van der Waals surface area contributed by atoms with Crippen molar-refractivity contribution in [2.75, 3.05) is 6.54 Å². The molecule has 1 unspecified atom stereocenters. The molecule has 0 saturated heterocycles. The van der Waals surface area contributed by atoms with Gasteiger partial charge in [-0.15, -0.1) is 0 Å². The fourth-order valence-electron chi connectivity index (χ4n) is 2.37. The van der Waals surface area contributed by atoms with E-state index in [1.807, 2.05) is 42.5 Å². The first kappa shape index (κ1) is 13.8. The fourth-order valence-corrected chi connectivity index (χ4v) is 2.37. The van der Waals surface area contributed by atoms with Gasteiger partial charge in [0.2, 0.25) is 0 Å². The predicted octanol–water partition coefficient (Wildman–Crippen LogP) is 3.81. The third-order valence-electron chi connectivity index (χ3n) is 3.44. The molecule has 2 aromatic rings. The first-order chi connectivity index (χ1) is 9.20. The van der Waals surface area contributed by atoms with Crippen molar-refractivity contribution in [2.45, 2.75) is 25.4 Å². The minimum atomic E-state index is -1.61. The molecule has 2 N–H and O–H groups in total. The number of hydrogen-bond donors (Lipinski definition) is 1. The lowest BCUT2D eigenvalue weighted by Gasteiger charge is -2.25. The Kier molecular flexibility index (Phi) is 4.33. The molecule has 0 heterocycles. The van der Waals surface area contributed by atoms with E-state index in [1.165, 1.54) is 0 Å². The Morgan fingerprint density at radius 2 is 1.68 bits per heavy atom. The van der Waals surface area contributed by atoms with E-state index in [0.29, 0.717) is 11.1 Å². The van der Waals surface area contributed by atoms with Crippen LogP contribution in [-0.4, -0.2) is 6.54 Å². The molecule has 1 nitrogen and oxygen atoms in total. The van der Waals surface area contributed by atoms with Crippen molar-refractivity contribution in [2.24, 2.45) is 5.73 Å². The molecule has 0 bridgehead atoms. The van der Waals surface area contributed by atoms with Crippen LogP contribution in [0.5, 0.6) is 0 Å². The molecule has 0 saturated carbocycles. The summed E-state index contributed by atoms with van der Waals surface area (Å²) in [6.45, 7) is 2.07. The smallest absolute Gasteiger partial charge is 0.173 e. The number of alkyl halides is 1. The van der Waals surface area contributed by atoms with Crippen molar-refractivity contribution in [1.82, 2.24) is 0 Å². The third-order valence-corrected chi connectivity index (χ3v) is 3.44. The highest BCUT2D eigenvalue weighted by atomic mass is 19.1. The van der Waals surface area contributed by atoms with Crippen molar-refractivity contribution in [3.8, 4) is 0 Å². The standard InChI is InChI=1S/C17H20FN/c1-2-7-14-8-6-11-16(12-14)17(18,13-19)15-9-4-3-5-10-15/h3-6,8-12H,2,7,13,19H2,1H3. The summed E-state index contributed by atoms with van der Waals surface area (Å²) in [5, 5.41) is 0. The van der Waals surface area contributed by atoms with Crippen molar-refractivity contribution >= 4 is 0 Å². The molecular weight excluding hydrogens is 237 g/mol. The monoisotopic (exact) mass is 257 g/mol. The van der Waals surface area contributed by atoms with Gasteiger partial charge in [-0.05, 0) is 23.1 Å². The summed E-state index contributed by atoms with van der Waals surface area (Å²) in [7, 11) is 0. The second kappa shape index (κ2) is 5.98. The van der Waals surface area contributed by atoms with Crippen LogP contribution in [-0.2, 0) is 12.1 Å². The van der Waals surface area contributed by atoms with Gasteiger partial charge in [0.05, 0.1) is 0 Å². The number of nitrogens with two attached hydrogens (primary N) is 1. The van der Waals surface area contributed by atoms with Crippen LogP contribution >= 0.6 is 0 Å². The molecule has 19 heavy (non-hydrogen) atoms. The van der Waals surface area contributed by atoms with E-state index in [2.05, 4.69) is 6.92 Å². The lowest BCUT2D eigenvalue weighted by atomic mass is 9.87. The maximum atomic E-state index is 15.3. The van der Waals surface area contributed by atoms with Crippen LogP contribution in [0.2, 0.25) is 0 Å². The van der Waals surface area contributed by atoms with Gasteiger partial charge in [-0.3, -0.25) is 0 Å². The maximum Gasteiger partial charge on any atom is 0.173 e. The summed E-state index contributed by atoms with van der Waals surface area (Å²) in [6.07, 6.45) is 2.01. The zero-order valence-corrected chi connectivity index (χ0v) is 11.3. The van der Waals surface area contributed by atoms with Crippen LogP contribution in [0.1, 0.15) is 30.0 Å². The number of rotatable bonds is 5. The molecule has 0 aliphatic rings. The molecule has 0 aromatic heterocycles. The van der Waals surface area contributed by atoms with Gasteiger partial charge in [0.1, 0.15) is 0 Å². The summed E-state index contributed by atoms with van der Waals surface area (Å²) in [5.41, 5.74) is 6.53. The Hall–Kier alpha value is -1.67. The minimum absolute atomic E-state index is 0.0490. The molecule has 1 atom stereocenters. The first-order valence-corrected chi connectivity index (χ1v) is 6.74. The van der Waals surface area contributed by atoms with E-state index in [-0.39, 0.29) is 6.54 Å². The first-order valence-electron chi connectivity index (χ1n) is 6.74. The Bertz CT molecular complexity index is 524. The second-order valence-corrected chi connectivity index (χ2v) is 4.82. The molecule has 0 fully saturated rings. The average molecular weight is 257 g/mol. The van der Waals surface area contributed by atoms with Gasteiger partial charge in [0.15, 0.2) is 5.67 Å². The van der Waals surface area contributed by atoms with Crippen LogP contribution in [0.15, 0.2) is 54.6 Å². The highest BCUT2D eigenvalue weighted by molar-refractivity contribution is 5.38. The zero-order valence-electron chi connectivity index (χ0n) is 11.3. The summed E-state index contributed by atoms with van der Waals surface area (Å²) in [4.78, 5) is 0. The van der Waals surface area contributed by atoms with E-state index < -0.39 is 5.67 Å². The van der Waals surface area contributed by atoms with Crippen molar-refractivity contribution in [3.63, 3.8) is 0 Å². The van der Waals surface area contributed by atoms with Crippen molar-refractivity contribution in [1.29, 1.82) is 0 Å². The normalized spacial score (nSPS) is 14.1. The minimum Gasteiger partial charge on any atom is -0.327 e. The highest BCUT2D eigenvalue weighted by Gasteiger charge is 2.32. The molecular formula is C17H20FN. The quantitative estimate of drug-likeness (QED) is 0.866. The largest absolute Gasteiger partial charge is 0.327 e. The third kappa shape index (κ3) is 2.85. The Balaban J connectivity index is 2.44. The van der Waals surface area contributed by atoms with Gasteiger partial charge < -0.3 is 5.73 Å². The Labute approximate surface area is 114 Å². The maximum absolute atomic E-state index is 15.3. The Morgan fingerprint density at radius 1 is 1.00 bits per heavy atom. The van der Waals surface area contributed by atoms with Crippen molar-refractivity contribution in [3.05, 3.63) is 71.3 Å². The fraction of sp³-hybridized carbons (Fsp3) is 0.294. The van der Waals surface area contributed by atoms with Gasteiger partial charge in [-0.2, -0.15) is 0 Å². The number of benzene rings is 2. The van der Waals surface area contributed by atoms with Gasteiger partial charge in [-0.25, -0.2) is 4.39 Å². The van der Waals surface area contributed by atoms with Crippen LogP contribution < -0.4 is 5.73 Å². The molecule has 0 amide bonds. The van der Waals surface area contributed by atoms with Crippen molar-refractivity contribution < 1.29 is 4.39 Å². The number of hydrogen-bond acceptors (Lipinski definition) is 1. The highest BCUT2D eigenvalue weighted by Crippen LogP contribution is 2.33. The van der Waals surface area contributed by atoms with Gasteiger partial charge >= 0.3 is 0 Å². The van der Waals surface area contributed by atoms with Crippen LogP contribution in [0.4, 0.5) is 4.39 Å². The topological polar surface area (TPSA) is 26.0 Å². The molecule has 2 rings (SSSR count). The number of aryl methyl sites for hydroxylation is 1. The molecule has 2 heteroatoms. The van der Waals surface area contributed by atoms with Crippen LogP contribution in [0, 0.1) is 0 Å². The van der Waals surface area contributed by atoms with E-state index in [0.717, 1.165) is 18.4 Å². The van der Waals surface area contributed by atoms with Crippen LogP contribution in [0.3, 0.4) is 0 Å². The van der Waals surface area contributed by atoms with Crippen LogP contribution in [0.25, 0.3) is 0 Å². The molecule has 0 aliphatic carbocycles. The molecule has 0 aliphatic heterocycles. The molecule has 2 aromatic carbocycles. The lowest BCUT2D eigenvalue weighted by Crippen LogP contribution is -2.31. The lowest BCUT2D eigenvalue weighted by molar-refractivity contribution is 0.232. The summed E-state index contributed by atoms with van der Waals surface area (Å²) in [6, 6.07) is 16.8. The SMILES string of the molecule is CCCc1cccc(C(F)(CN)c2ccccc2)c1. The van der Waals surface area contributed by atoms with Gasteiger partial charge in [0, 0.05) is 6.54 Å². The second-order valence-electron chi connectivity index (χ2n) is 4.82. The van der Waals surface area contributed by atoms with Gasteiger partial charge in [0.25, 0.3) is 0 Å². The Morgan fingerprint density at radius 3 is 2.32 bits per heavy atom. The van der Waals surface area contributed by atoms with E-state index >= 15 is 4.39 Å². The molecule has 100 valence electrons. The number of halogens is 1.